The van der Waals surface area contributed by atoms with Crippen molar-refractivity contribution in [3.63, 3.8) is 0 Å². The number of hydrogen-bond acceptors (Lipinski definition) is 5. The zero-order valence-electron chi connectivity index (χ0n) is 10.7. The first-order valence-corrected chi connectivity index (χ1v) is 7.44. The number of fused-ring (bicyclic) bond motifs is 3. The Bertz CT molecular complexity index is 666. The highest BCUT2D eigenvalue weighted by atomic mass is 32.1. The highest BCUT2D eigenvalue weighted by Crippen LogP contribution is 2.31. The summed E-state index contributed by atoms with van der Waals surface area (Å²) in [5.41, 5.74) is 0. The van der Waals surface area contributed by atoms with Gasteiger partial charge in [0, 0.05) is 30.6 Å². The van der Waals surface area contributed by atoms with Crippen molar-refractivity contribution in [3.8, 4) is 0 Å². The molecule has 4 rings (SSSR count). The van der Waals surface area contributed by atoms with Gasteiger partial charge in [0.05, 0.1) is 4.88 Å². The van der Waals surface area contributed by atoms with E-state index in [4.69, 9.17) is 4.98 Å². The number of carbonyl (C=O) groups is 1. The summed E-state index contributed by atoms with van der Waals surface area (Å²) in [4.78, 5) is 20.3. The molecule has 2 aromatic heterocycles. The van der Waals surface area contributed by atoms with Crippen LogP contribution in [0.3, 0.4) is 0 Å². The maximum absolute atomic E-state index is 11.4. The van der Waals surface area contributed by atoms with E-state index in [1.54, 1.807) is 6.92 Å². The molecule has 1 N–H and O–H groups in total. The summed E-state index contributed by atoms with van der Waals surface area (Å²) >= 11 is 1.50. The highest BCUT2D eigenvalue weighted by Gasteiger charge is 2.38. The minimum absolute atomic E-state index is 0.119. The number of pyridine rings is 1. The first-order chi connectivity index (χ1) is 9.20. The molecular formula is C14H15N3OS. The maximum atomic E-state index is 11.4. The number of thiophene rings is 1. The van der Waals surface area contributed by atoms with Gasteiger partial charge in [0.25, 0.3) is 0 Å². The third-order valence-electron chi connectivity index (χ3n) is 4.07. The molecule has 0 spiro atoms. The molecule has 0 aromatic carbocycles. The zero-order valence-corrected chi connectivity index (χ0v) is 11.5. The van der Waals surface area contributed by atoms with Crippen molar-refractivity contribution in [1.82, 2.24) is 10.3 Å². The Morgan fingerprint density at radius 2 is 2.42 bits per heavy atom. The summed E-state index contributed by atoms with van der Waals surface area (Å²) in [7, 11) is 0. The van der Waals surface area contributed by atoms with Gasteiger partial charge in [-0.2, -0.15) is 0 Å². The number of nitrogens with zero attached hydrogens (tertiary/aromatic N) is 2. The summed E-state index contributed by atoms with van der Waals surface area (Å²) < 4.78 is 0. The molecule has 4 heterocycles. The zero-order chi connectivity index (χ0) is 13.0. The SMILES string of the molecule is CC(=O)c1cc2ccc(N3C[C@@H]4C[C@H]3CN4)nc2s1. The molecule has 2 aliphatic rings. The minimum Gasteiger partial charge on any atom is -0.351 e. The lowest BCUT2D eigenvalue weighted by molar-refractivity contribution is 0.102. The summed E-state index contributed by atoms with van der Waals surface area (Å²) in [6.45, 7) is 3.72. The van der Waals surface area contributed by atoms with Crippen molar-refractivity contribution in [2.45, 2.75) is 25.4 Å². The van der Waals surface area contributed by atoms with Crippen LogP contribution in [0, 0.1) is 0 Å². The van der Waals surface area contributed by atoms with Crippen LogP contribution in [0.15, 0.2) is 18.2 Å². The van der Waals surface area contributed by atoms with E-state index in [1.165, 1.54) is 17.8 Å². The number of ketones is 1. The van der Waals surface area contributed by atoms with Crippen LogP contribution in [0.2, 0.25) is 0 Å². The quantitative estimate of drug-likeness (QED) is 0.851. The molecule has 0 amide bonds. The predicted octanol–water partition coefficient (Wildman–Crippen LogP) is 2.05. The Balaban J connectivity index is 1.73. The van der Waals surface area contributed by atoms with Crippen LogP contribution in [-0.4, -0.2) is 35.9 Å². The molecule has 2 atom stereocenters. The van der Waals surface area contributed by atoms with Gasteiger partial charge in [-0.05, 0) is 31.5 Å². The second-order valence-electron chi connectivity index (χ2n) is 5.38. The van der Waals surface area contributed by atoms with Crippen LogP contribution in [-0.2, 0) is 0 Å². The van der Waals surface area contributed by atoms with Gasteiger partial charge >= 0.3 is 0 Å². The molecule has 0 radical (unpaired) electrons. The van der Waals surface area contributed by atoms with Gasteiger partial charge < -0.3 is 10.2 Å². The Morgan fingerprint density at radius 1 is 1.53 bits per heavy atom. The van der Waals surface area contributed by atoms with Gasteiger partial charge in [0.2, 0.25) is 0 Å². The molecule has 19 heavy (non-hydrogen) atoms. The third kappa shape index (κ3) is 1.76. The molecule has 2 bridgehead atoms. The van der Waals surface area contributed by atoms with E-state index in [2.05, 4.69) is 22.3 Å². The summed E-state index contributed by atoms with van der Waals surface area (Å²) in [5, 5.41) is 4.57. The Labute approximate surface area is 115 Å². The number of anilines is 1. The lowest BCUT2D eigenvalue weighted by Crippen LogP contribution is -2.43. The van der Waals surface area contributed by atoms with E-state index in [0.29, 0.717) is 12.1 Å². The lowest BCUT2D eigenvalue weighted by Gasteiger charge is -2.28. The van der Waals surface area contributed by atoms with Crippen LogP contribution in [0.4, 0.5) is 5.82 Å². The number of nitrogens with one attached hydrogen (secondary N) is 1. The molecule has 5 heteroatoms. The third-order valence-corrected chi connectivity index (χ3v) is 5.21. The molecule has 2 aromatic rings. The van der Waals surface area contributed by atoms with E-state index in [0.717, 1.165) is 34.0 Å². The van der Waals surface area contributed by atoms with Crippen molar-refractivity contribution in [1.29, 1.82) is 0 Å². The molecule has 0 unspecified atom stereocenters. The Hall–Kier alpha value is -1.46. The van der Waals surface area contributed by atoms with E-state index in [1.807, 2.05) is 6.07 Å². The van der Waals surface area contributed by atoms with Crippen molar-refractivity contribution < 1.29 is 4.79 Å². The largest absolute Gasteiger partial charge is 0.351 e. The molecule has 98 valence electrons. The number of rotatable bonds is 2. The highest BCUT2D eigenvalue weighted by molar-refractivity contribution is 7.20. The normalized spacial score (nSPS) is 25.4. The standard InChI is InChI=1S/C14H15N3OS/c1-8(18)12-4-9-2-3-13(16-14(9)19-12)17-7-10-5-11(17)6-15-10/h2-4,10-11,15H,5-7H2,1H3/t10-,11-/m0/s1. The van der Waals surface area contributed by atoms with Crippen molar-refractivity contribution in [2.24, 2.45) is 0 Å². The van der Waals surface area contributed by atoms with Crippen molar-refractivity contribution in [3.05, 3.63) is 23.1 Å². The summed E-state index contributed by atoms with van der Waals surface area (Å²) in [6.07, 6.45) is 1.23. The van der Waals surface area contributed by atoms with Crippen LogP contribution >= 0.6 is 11.3 Å². The average molecular weight is 273 g/mol. The monoisotopic (exact) mass is 273 g/mol. The fourth-order valence-corrected chi connectivity index (χ4v) is 4.00. The van der Waals surface area contributed by atoms with Crippen LogP contribution in [0.25, 0.3) is 10.2 Å². The molecule has 2 saturated heterocycles. The van der Waals surface area contributed by atoms with Gasteiger partial charge in [-0.25, -0.2) is 4.98 Å². The number of aromatic nitrogens is 1. The number of Topliss-reactive ketones (excluding diaryl/α,β-unsaturated/α-hetero) is 1. The summed E-state index contributed by atoms with van der Waals surface area (Å²) in [5.74, 6) is 1.17. The van der Waals surface area contributed by atoms with Crippen molar-refractivity contribution >= 4 is 33.2 Å². The number of carbonyl (C=O) groups excluding carboxylic acids is 1. The predicted molar refractivity (Wildman–Crippen MR) is 77.2 cm³/mol. The molecule has 0 saturated carbocycles. The van der Waals surface area contributed by atoms with Crippen molar-refractivity contribution in [2.75, 3.05) is 18.0 Å². The van der Waals surface area contributed by atoms with E-state index >= 15 is 0 Å². The smallest absolute Gasteiger partial charge is 0.169 e. The fourth-order valence-electron chi connectivity index (χ4n) is 3.08. The molecule has 2 aliphatic heterocycles. The van der Waals surface area contributed by atoms with E-state index < -0.39 is 0 Å². The average Bonchev–Trinajstić information content (AvgIpc) is 3.11. The fraction of sp³-hybridized carbons (Fsp3) is 0.429. The molecule has 4 nitrogen and oxygen atoms in total. The van der Waals surface area contributed by atoms with Gasteiger partial charge in [-0.15, -0.1) is 11.3 Å². The van der Waals surface area contributed by atoms with Crippen LogP contribution in [0.1, 0.15) is 23.0 Å². The van der Waals surface area contributed by atoms with Gasteiger partial charge in [0.1, 0.15) is 10.6 Å². The second kappa shape index (κ2) is 4.02. The second-order valence-corrected chi connectivity index (χ2v) is 6.41. The summed E-state index contributed by atoms with van der Waals surface area (Å²) in [6, 6.07) is 7.32. The minimum atomic E-state index is 0.119. The molecule has 2 fully saturated rings. The number of piperazine rings is 1. The molecule has 0 aliphatic carbocycles. The van der Waals surface area contributed by atoms with Gasteiger partial charge in [-0.1, -0.05) is 0 Å². The molecular weight excluding hydrogens is 258 g/mol. The first-order valence-electron chi connectivity index (χ1n) is 6.62. The maximum Gasteiger partial charge on any atom is 0.169 e. The Kier molecular flexibility index (Phi) is 2.40. The van der Waals surface area contributed by atoms with E-state index in [-0.39, 0.29) is 5.78 Å². The topological polar surface area (TPSA) is 45.2 Å². The van der Waals surface area contributed by atoms with Gasteiger partial charge in [-0.3, -0.25) is 4.79 Å². The van der Waals surface area contributed by atoms with Gasteiger partial charge in [0.15, 0.2) is 5.78 Å². The first kappa shape index (κ1) is 11.4. The Morgan fingerprint density at radius 3 is 3.11 bits per heavy atom. The van der Waals surface area contributed by atoms with Crippen LogP contribution in [0.5, 0.6) is 0 Å². The lowest BCUT2D eigenvalue weighted by atomic mass is 10.2. The van der Waals surface area contributed by atoms with E-state index in [9.17, 15) is 4.79 Å². The van der Waals surface area contributed by atoms with Crippen LogP contribution < -0.4 is 10.2 Å². The number of hydrogen-bond donors (Lipinski definition) is 1.